The second kappa shape index (κ2) is 5.32. The van der Waals surface area contributed by atoms with Gasteiger partial charge in [-0.05, 0) is 25.0 Å². The molecule has 0 atom stereocenters. The van der Waals surface area contributed by atoms with Crippen molar-refractivity contribution >= 4 is 11.6 Å². The van der Waals surface area contributed by atoms with Crippen molar-refractivity contribution < 1.29 is 22.7 Å². The number of nitrogens with one attached hydrogen (secondary N) is 1. The Morgan fingerprint density at radius 2 is 1.85 bits per heavy atom. The predicted octanol–water partition coefficient (Wildman–Crippen LogP) is 2.80. The number of carbonyl (C=O) groups is 1. The van der Waals surface area contributed by atoms with Gasteiger partial charge in [0.1, 0.15) is 0 Å². The Hall–Kier alpha value is -1.76. The number of halogens is 3. The Morgan fingerprint density at radius 1 is 1.25 bits per heavy atom. The highest BCUT2D eigenvalue weighted by Crippen LogP contribution is 2.32. The summed E-state index contributed by atoms with van der Waals surface area (Å²) in [6.45, 7) is 0. The van der Waals surface area contributed by atoms with Crippen LogP contribution in [0.4, 0.5) is 18.9 Å². The minimum absolute atomic E-state index is 0.0356. The van der Waals surface area contributed by atoms with Crippen LogP contribution in [0.1, 0.15) is 25.7 Å². The highest BCUT2D eigenvalue weighted by molar-refractivity contribution is 5.99. The van der Waals surface area contributed by atoms with Gasteiger partial charge in [-0.1, -0.05) is 25.0 Å². The lowest BCUT2D eigenvalue weighted by atomic mass is 9.98. The zero-order valence-corrected chi connectivity index (χ0v) is 10.7. The van der Waals surface area contributed by atoms with Gasteiger partial charge in [-0.25, -0.2) is 0 Å². The average molecular weight is 288 g/mol. The SMILES string of the molecule is NC1(C(=O)Nc2ccccc2OC(F)(F)F)CCCC1. The molecule has 4 nitrogen and oxygen atoms in total. The van der Waals surface area contributed by atoms with Gasteiger partial charge in [0.15, 0.2) is 5.75 Å². The molecule has 0 spiro atoms. The summed E-state index contributed by atoms with van der Waals surface area (Å²) in [5.41, 5.74) is 4.91. The minimum Gasteiger partial charge on any atom is -0.404 e. The van der Waals surface area contributed by atoms with E-state index in [4.69, 9.17) is 5.73 Å². The van der Waals surface area contributed by atoms with E-state index in [2.05, 4.69) is 10.1 Å². The third-order valence-electron chi connectivity index (χ3n) is 3.31. The van der Waals surface area contributed by atoms with E-state index >= 15 is 0 Å². The van der Waals surface area contributed by atoms with E-state index in [0.717, 1.165) is 18.9 Å². The molecule has 1 aromatic carbocycles. The molecule has 0 radical (unpaired) electrons. The maximum atomic E-state index is 12.3. The topological polar surface area (TPSA) is 64.4 Å². The number of para-hydroxylation sites is 2. The van der Waals surface area contributed by atoms with Crippen LogP contribution in [-0.2, 0) is 4.79 Å². The largest absolute Gasteiger partial charge is 0.573 e. The van der Waals surface area contributed by atoms with E-state index in [1.165, 1.54) is 18.2 Å². The number of rotatable bonds is 3. The van der Waals surface area contributed by atoms with Crippen LogP contribution in [0, 0.1) is 0 Å². The average Bonchev–Trinajstić information content (AvgIpc) is 2.78. The Labute approximate surface area is 114 Å². The number of carbonyl (C=O) groups excluding carboxylic acids is 1. The molecule has 0 unspecified atom stereocenters. The second-order valence-corrected chi connectivity index (χ2v) is 4.86. The van der Waals surface area contributed by atoms with Crippen LogP contribution >= 0.6 is 0 Å². The fourth-order valence-corrected chi connectivity index (χ4v) is 2.26. The zero-order valence-electron chi connectivity index (χ0n) is 10.7. The molecular weight excluding hydrogens is 273 g/mol. The third kappa shape index (κ3) is 3.41. The molecule has 1 amide bonds. The number of amides is 1. The standard InChI is InChI=1S/C13H15F3N2O2/c14-13(15,16)20-10-6-2-1-5-9(10)18-11(19)12(17)7-3-4-8-12/h1-2,5-6H,3-4,7-8,17H2,(H,18,19). The lowest BCUT2D eigenvalue weighted by Gasteiger charge is -2.23. The van der Waals surface area contributed by atoms with Gasteiger partial charge in [-0.3, -0.25) is 4.79 Å². The Bertz CT molecular complexity index is 497. The molecule has 0 aliphatic heterocycles. The Morgan fingerprint density at radius 3 is 2.45 bits per heavy atom. The summed E-state index contributed by atoms with van der Waals surface area (Å²) in [4.78, 5) is 12.1. The highest BCUT2D eigenvalue weighted by Gasteiger charge is 2.38. The molecule has 1 aliphatic rings. The summed E-state index contributed by atoms with van der Waals surface area (Å²) in [5, 5.41) is 2.43. The van der Waals surface area contributed by atoms with Crippen molar-refractivity contribution in [3.63, 3.8) is 0 Å². The molecule has 0 bridgehead atoms. The van der Waals surface area contributed by atoms with Gasteiger partial charge in [-0.2, -0.15) is 0 Å². The number of nitrogens with two attached hydrogens (primary N) is 1. The van der Waals surface area contributed by atoms with E-state index in [0.29, 0.717) is 12.8 Å². The summed E-state index contributed by atoms with van der Waals surface area (Å²) < 4.78 is 40.7. The van der Waals surface area contributed by atoms with Crippen LogP contribution in [0.25, 0.3) is 0 Å². The van der Waals surface area contributed by atoms with E-state index in [-0.39, 0.29) is 5.69 Å². The van der Waals surface area contributed by atoms with Crippen molar-refractivity contribution in [1.29, 1.82) is 0 Å². The zero-order chi connectivity index (χ0) is 14.8. The first-order valence-corrected chi connectivity index (χ1v) is 6.25. The van der Waals surface area contributed by atoms with Crippen molar-refractivity contribution in [2.45, 2.75) is 37.6 Å². The number of hydrogen-bond donors (Lipinski definition) is 2. The third-order valence-corrected chi connectivity index (χ3v) is 3.31. The maximum Gasteiger partial charge on any atom is 0.573 e. The molecular formula is C13H15F3N2O2. The molecule has 110 valence electrons. The molecule has 0 aromatic heterocycles. The Kier molecular flexibility index (Phi) is 3.89. The van der Waals surface area contributed by atoms with E-state index in [1.54, 1.807) is 0 Å². The summed E-state index contributed by atoms with van der Waals surface area (Å²) >= 11 is 0. The summed E-state index contributed by atoms with van der Waals surface area (Å²) in [5.74, 6) is -0.928. The normalized spacial score (nSPS) is 17.8. The van der Waals surface area contributed by atoms with Crippen molar-refractivity contribution in [3.8, 4) is 5.75 Å². The quantitative estimate of drug-likeness (QED) is 0.899. The molecule has 1 aliphatic carbocycles. The lowest BCUT2D eigenvalue weighted by molar-refractivity contribution is -0.274. The molecule has 20 heavy (non-hydrogen) atoms. The van der Waals surface area contributed by atoms with Crippen LogP contribution in [-0.4, -0.2) is 17.8 Å². The van der Waals surface area contributed by atoms with Gasteiger partial charge < -0.3 is 15.8 Å². The Balaban J connectivity index is 2.15. The molecule has 1 fully saturated rings. The number of alkyl halides is 3. The molecule has 7 heteroatoms. The van der Waals surface area contributed by atoms with Gasteiger partial charge >= 0.3 is 6.36 Å². The van der Waals surface area contributed by atoms with Gasteiger partial charge in [-0.15, -0.1) is 13.2 Å². The minimum atomic E-state index is -4.81. The molecule has 1 saturated carbocycles. The molecule has 0 saturated heterocycles. The molecule has 3 N–H and O–H groups in total. The van der Waals surface area contributed by atoms with Gasteiger partial charge in [0.05, 0.1) is 11.2 Å². The monoisotopic (exact) mass is 288 g/mol. The maximum absolute atomic E-state index is 12.3. The first kappa shape index (κ1) is 14.6. The summed E-state index contributed by atoms with van der Waals surface area (Å²) in [7, 11) is 0. The van der Waals surface area contributed by atoms with Crippen molar-refractivity contribution in [2.75, 3.05) is 5.32 Å². The van der Waals surface area contributed by atoms with Gasteiger partial charge in [0.2, 0.25) is 5.91 Å². The highest BCUT2D eigenvalue weighted by atomic mass is 19.4. The van der Waals surface area contributed by atoms with Gasteiger partial charge in [0, 0.05) is 0 Å². The van der Waals surface area contributed by atoms with Gasteiger partial charge in [0.25, 0.3) is 0 Å². The summed E-state index contributed by atoms with van der Waals surface area (Å²) in [6, 6.07) is 5.39. The van der Waals surface area contributed by atoms with Crippen molar-refractivity contribution in [3.05, 3.63) is 24.3 Å². The van der Waals surface area contributed by atoms with Crippen molar-refractivity contribution in [2.24, 2.45) is 5.73 Å². The van der Waals surface area contributed by atoms with Crippen molar-refractivity contribution in [1.82, 2.24) is 0 Å². The molecule has 2 rings (SSSR count). The summed E-state index contributed by atoms with van der Waals surface area (Å²) in [6.07, 6.45) is -2.08. The second-order valence-electron chi connectivity index (χ2n) is 4.86. The number of hydrogen-bond acceptors (Lipinski definition) is 3. The van der Waals surface area contributed by atoms with Crippen LogP contribution in [0.15, 0.2) is 24.3 Å². The van der Waals surface area contributed by atoms with E-state index in [9.17, 15) is 18.0 Å². The molecule has 0 heterocycles. The fraction of sp³-hybridized carbons (Fsp3) is 0.462. The van der Waals surface area contributed by atoms with Crippen LogP contribution in [0.2, 0.25) is 0 Å². The first-order chi connectivity index (χ1) is 9.30. The molecule has 1 aromatic rings. The first-order valence-electron chi connectivity index (χ1n) is 6.25. The van der Waals surface area contributed by atoms with E-state index < -0.39 is 23.6 Å². The van der Waals surface area contributed by atoms with Crippen LogP contribution in [0.5, 0.6) is 5.75 Å². The number of anilines is 1. The van der Waals surface area contributed by atoms with Crippen LogP contribution in [0.3, 0.4) is 0 Å². The lowest BCUT2D eigenvalue weighted by Crippen LogP contribution is -2.48. The van der Waals surface area contributed by atoms with E-state index in [1.807, 2.05) is 0 Å². The fourth-order valence-electron chi connectivity index (χ4n) is 2.26. The number of benzene rings is 1. The van der Waals surface area contributed by atoms with Crippen LogP contribution < -0.4 is 15.8 Å². The smallest absolute Gasteiger partial charge is 0.404 e. The number of ether oxygens (including phenoxy) is 1. The predicted molar refractivity (Wildman–Crippen MR) is 67.1 cm³/mol.